The second-order valence-electron chi connectivity index (χ2n) is 2.40. The first kappa shape index (κ1) is 9.67. The zero-order chi connectivity index (χ0) is 9.14. The predicted octanol–water partition coefficient (Wildman–Crippen LogP) is 1.52. The third-order valence-electron chi connectivity index (χ3n) is 1.49. The van der Waals surface area contributed by atoms with Gasteiger partial charge in [0.2, 0.25) is 11.8 Å². The fraction of sp³-hybridized carbons (Fsp3) is 0.571. The first-order valence-electron chi connectivity index (χ1n) is 3.71. The summed E-state index contributed by atoms with van der Waals surface area (Å²) in [4.78, 5) is 22.1. The van der Waals surface area contributed by atoms with Crippen molar-refractivity contribution in [2.45, 2.75) is 26.2 Å². The normalized spacial score (nSPS) is 17.2. The van der Waals surface area contributed by atoms with E-state index in [-0.39, 0.29) is 11.8 Å². The topological polar surface area (TPSA) is 37.4 Å². The minimum Gasteiger partial charge on any atom is -0.273 e. The molecule has 0 aromatic carbocycles. The van der Waals surface area contributed by atoms with E-state index in [1.165, 1.54) is 4.31 Å². The Morgan fingerprint density at radius 1 is 1.50 bits per heavy atom. The molecule has 0 radical (unpaired) electrons. The monoisotopic (exact) mass is 203 g/mol. The molecule has 1 aliphatic heterocycles. The Balaban J connectivity index is 2.56. The molecule has 1 aliphatic rings. The predicted molar refractivity (Wildman–Crippen MR) is 51.6 cm³/mol. The van der Waals surface area contributed by atoms with Gasteiger partial charge in [-0.3, -0.25) is 9.59 Å². The van der Waals surface area contributed by atoms with Crippen LogP contribution in [0.4, 0.5) is 0 Å². The summed E-state index contributed by atoms with van der Waals surface area (Å²) in [5.41, 5.74) is 0. The average Bonchev–Trinajstić information content (AvgIpc) is 2.35. The maximum Gasteiger partial charge on any atom is 0.240 e. The Morgan fingerprint density at radius 2 is 2.00 bits per heavy atom. The average molecular weight is 203 g/mol. The quantitative estimate of drug-likeness (QED) is 0.387. The van der Waals surface area contributed by atoms with Gasteiger partial charge in [-0.1, -0.05) is 19.1 Å². The SMILES string of the molecule is CCC(=S)SN1C(=O)CCC1=O. The van der Waals surface area contributed by atoms with Crippen LogP contribution in [0, 0.1) is 0 Å². The number of imide groups is 1. The Bertz CT molecular complexity index is 224. The van der Waals surface area contributed by atoms with Crippen LogP contribution in [0.25, 0.3) is 0 Å². The summed E-state index contributed by atoms with van der Waals surface area (Å²) >= 11 is 6.00. The van der Waals surface area contributed by atoms with Gasteiger partial charge in [0.05, 0.1) is 4.20 Å². The molecule has 3 nitrogen and oxygen atoms in total. The first-order valence-corrected chi connectivity index (χ1v) is 4.90. The summed E-state index contributed by atoms with van der Waals surface area (Å²) in [6, 6.07) is 0. The van der Waals surface area contributed by atoms with Crippen LogP contribution in [0.2, 0.25) is 0 Å². The lowest BCUT2D eigenvalue weighted by Gasteiger charge is -2.10. The van der Waals surface area contributed by atoms with Gasteiger partial charge in [0.25, 0.3) is 0 Å². The van der Waals surface area contributed by atoms with E-state index in [1.807, 2.05) is 6.92 Å². The van der Waals surface area contributed by atoms with Gasteiger partial charge in [0.15, 0.2) is 0 Å². The summed E-state index contributed by atoms with van der Waals surface area (Å²) in [5.74, 6) is -0.249. The summed E-state index contributed by atoms with van der Waals surface area (Å²) in [6.45, 7) is 1.90. The standard InChI is InChI=1S/C7H9NO2S2/c1-2-7(11)12-8-5(9)3-4-6(8)10/h2-4H2,1H3. The van der Waals surface area contributed by atoms with Crippen molar-refractivity contribution in [3.05, 3.63) is 0 Å². The van der Waals surface area contributed by atoms with E-state index in [9.17, 15) is 9.59 Å². The van der Waals surface area contributed by atoms with Gasteiger partial charge in [0, 0.05) is 24.8 Å². The summed E-state index contributed by atoms with van der Waals surface area (Å²) < 4.78 is 1.85. The summed E-state index contributed by atoms with van der Waals surface area (Å²) in [5, 5.41) is 0. The molecule has 2 amide bonds. The molecule has 12 heavy (non-hydrogen) atoms. The third-order valence-corrected chi connectivity index (χ3v) is 3.08. The molecule has 1 fully saturated rings. The van der Waals surface area contributed by atoms with Crippen LogP contribution >= 0.6 is 24.2 Å². The van der Waals surface area contributed by atoms with Gasteiger partial charge in [-0.15, -0.1) is 0 Å². The number of hydrogen-bond donors (Lipinski definition) is 0. The highest BCUT2D eigenvalue weighted by Crippen LogP contribution is 2.23. The molecular weight excluding hydrogens is 194 g/mol. The molecule has 0 unspecified atom stereocenters. The summed E-state index contributed by atoms with van der Waals surface area (Å²) in [7, 11) is 0. The largest absolute Gasteiger partial charge is 0.273 e. The lowest BCUT2D eigenvalue weighted by atomic mass is 10.4. The van der Waals surface area contributed by atoms with Crippen LogP contribution in [-0.4, -0.2) is 20.3 Å². The maximum atomic E-state index is 11.1. The number of hydrogen-bond acceptors (Lipinski definition) is 4. The molecular formula is C7H9NO2S2. The van der Waals surface area contributed by atoms with Crippen molar-refractivity contribution in [2.75, 3.05) is 0 Å². The van der Waals surface area contributed by atoms with Gasteiger partial charge in [-0.25, -0.2) is 4.31 Å². The van der Waals surface area contributed by atoms with Crippen LogP contribution in [-0.2, 0) is 9.59 Å². The maximum absolute atomic E-state index is 11.1. The van der Waals surface area contributed by atoms with Crippen molar-refractivity contribution in [3.63, 3.8) is 0 Å². The van der Waals surface area contributed by atoms with Gasteiger partial charge in [-0.05, 0) is 6.42 Å². The zero-order valence-corrected chi connectivity index (χ0v) is 8.33. The Morgan fingerprint density at radius 3 is 2.42 bits per heavy atom. The van der Waals surface area contributed by atoms with Crippen LogP contribution in [0.3, 0.4) is 0 Å². The van der Waals surface area contributed by atoms with Crippen molar-refractivity contribution in [3.8, 4) is 0 Å². The van der Waals surface area contributed by atoms with E-state index in [4.69, 9.17) is 12.2 Å². The number of amides is 2. The van der Waals surface area contributed by atoms with Gasteiger partial charge in [-0.2, -0.15) is 0 Å². The Labute approximate surface area is 80.6 Å². The van der Waals surface area contributed by atoms with Crippen molar-refractivity contribution < 1.29 is 9.59 Å². The first-order chi connectivity index (χ1) is 5.65. The number of thiocarbonyl (C=S) groups is 1. The van der Waals surface area contributed by atoms with Crippen LogP contribution < -0.4 is 0 Å². The molecule has 66 valence electrons. The molecule has 0 saturated carbocycles. The number of carbonyl (C=O) groups is 2. The molecule has 0 aromatic rings. The van der Waals surface area contributed by atoms with Crippen molar-refractivity contribution in [1.82, 2.24) is 4.31 Å². The van der Waals surface area contributed by atoms with E-state index < -0.39 is 0 Å². The smallest absolute Gasteiger partial charge is 0.240 e. The van der Waals surface area contributed by atoms with Gasteiger partial charge in [0.1, 0.15) is 0 Å². The Hall–Kier alpha value is -0.420. The lowest BCUT2D eigenvalue weighted by molar-refractivity contribution is -0.131. The van der Waals surface area contributed by atoms with Crippen molar-refractivity contribution in [1.29, 1.82) is 0 Å². The lowest BCUT2D eigenvalue weighted by Crippen LogP contribution is -2.22. The minimum atomic E-state index is -0.124. The van der Waals surface area contributed by atoms with E-state index in [0.29, 0.717) is 23.5 Å². The molecule has 0 N–H and O–H groups in total. The van der Waals surface area contributed by atoms with Gasteiger partial charge >= 0.3 is 0 Å². The molecule has 1 saturated heterocycles. The molecule has 0 aliphatic carbocycles. The van der Waals surface area contributed by atoms with Crippen molar-refractivity contribution in [2.24, 2.45) is 0 Å². The zero-order valence-electron chi connectivity index (χ0n) is 6.70. The number of carbonyl (C=O) groups excluding carboxylic acids is 2. The summed E-state index contributed by atoms with van der Waals surface area (Å²) in [6.07, 6.45) is 1.37. The van der Waals surface area contributed by atoms with E-state index >= 15 is 0 Å². The van der Waals surface area contributed by atoms with E-state index in [0.717, 1.165) is 11.9 Å². The van der Waals surface area contributed by atoms with Crippen LogP contribution in [0.1, 0.15) is 26.2 Å². The molecule has 0 spiro atoms. The van der Waals surface area contributed by atoms with Crippen LogP contribution in [0.15, 0.2) is 0 Å². The minimum absolute atomic E-state index is 0.124. The van der Waals surface area contributed by atoms with E-state index in [1.54, 1.807) is 0 Å². The fourth-order valence-corrected chi connectivity index (χ4v) is 1.77. The van der Waals surface area contributed by atoms with Crippen molar-refractivity contribution >= 4 is 40.2 Å². The second kappa shape index (κ2) is 4.00. The molecule has 0 aromatic heterocycles. The molecule has 0 bridgehead atoms. The molecule has 1 rings (SSSR count). The highest BCUT2D eigenvalue weighted by Gasteiger charge is 2.30. The van der Waals surface area contributed by atoms with E-state index in [2.05, 4.69) is 0 Å². The third kappa shape index (κ3) is 2.04. The molecule has 5 heteroatoms. The fourth-order valence-electron chi connectivity index (χ4n) is 0.824. The number of nitrogens with zero attached hydrogens (tertiary/aromatic N) is 1. The Kier molecular flexibility index (Phi) is 3.22. The van der Waals surface area contributed by atoms with Gasteiger partial charge < -0.3 is 0 Å². The number of rotatable bonds is 2. The second-order valence-corrected chi connectivity index (χ2v) is 4.19. The highest BCUT2D eigenvalue weighted by molar-refractivity contribution is 8.22. The highest BCUT2D eigenvalue weighted by atomic mass is 32.2. The molecule has 0 atom stereocenters. The van der Waals surface area contributed by atoms with Crippen LogP contribution in [0.5, 0.6) is 0 Å². The molecule has 1 heterocycles.